The van der Waals surface area contributed by atoms with E-state index in [0.29, 0.717) is 49.0 Å². The number of hydrogen-bond acceptors (Lipinski definition) is 5. The number of benzene rings is 2. The molecule has 1 aliphatic rings. The van der Waals surface area contributed by atoms with E-state index < -0.39 is 0 Å². The maximum absolute atomic E-state index is 13.6. The molecule has 0 atom stereocenters. The zero-order valence-electron chi connectivity index (χ0n) is 19.1. The number of amides is 1. The molecule has 7 nitrogen and oxygen atoms in total. The van der Waals surface area contributed by atoms with Gasteiger partial charge in [-0.25, -0.2) is 9.07 Å². The molecule has 0 N–H and O–H groups in total. The van der Waals surface area contributed by atoms with Crippen LogP contribution in [0.25, 0.3) is 17.1 Å². The number of aryl methyl sites for hydroxylation is 1. The van der Waals surface area contributed by atoms with E-state index in [1.54, 1.807) is 30.0 Å². The van der Waals surface area contributed by atoms with Crippen molar-refractivity contribution in [3.63, 3.8) is 0 Å². The topological polar surface area (TPSA) is 63.7 Å². The summed E-state index contributed by atoms with van der Waals surface area (Å²) in [5.74, 6) is 1.67. The van der Waals surface area contributed by atoms with E-state index in [9.17, 15) is 9.18 Å². The summed E-state index contributed by atoms with van der Waals surface area (Å²) in [4.78, 5) is 17.6. The molecule has 0 saturated carbocycles. The molecule has 0 unspecified atom stereocenters. The third kappa shape index (κ3) is 4.14. The van der Waals surface area contributed by atoms with Crippen LogP contribution in [0.2, 0.25) is 0 Å². The molecule has 4 aromatic rings. The van der Waals surface area contributed by atoms with Gasteiger partial charge in [0.2, 0.25) is 0 Å². The van der Waals surface area contributed by atoms with Crippen molar-refractivity contribution in [1.29, 1.82) is 0 Å². The smallest absolute Gasteiger partial charge is 0.272 e. The Kier molecular flexibility index (Phi) is 5.79. The van der Waals surface area contributed by atoms with Gasteiger partial charge in [0.15, 0.2) is 5.76 Å². The Hall–Kier alpha value is -4.07. The zero-order chi connectivity index (χ0) is 23.7. The van der Waals surface area contributed by atoms with Gasteiger partial charge in [-0.2, -0.15) is 5.10 Å². The van der Waals surface area contributed by atoms with Gasteiger partial charge < -0.3 is 19.0 Å². The summed E-state index contributed by atoms with van der Waals surface area (Å²) in [7, 11) is 1.66. The molecule has 2 aromatic carbocycles. The van der Waals surface area contributed by atoms with Crippen LogP contribution in [-0.2, 0) is 0 Å². The molecule has 174 valence electrons. The number of carbonyl (C=O) groups excluding carboxylic acids is 1. The Labute approximate surface area is 197 Å². The Morgan fingerprint density at radius 3 is 2.41 bits per heavy atom. The number of hydrogen-bond donors (Lipinski definition) is 0. The lowest BCUT2D eigenvalue weighted by Crippen LogP contribution is -2.49. The van der Waals surface area contributed by atoms with Crippen LogP contribution in [0.3, 0.4) is 0 Å². The van der Waals surface area contributed by atoms with Crippen molar-refractivity contribution < 1.29 is 18.3 Å². The van der Waals surface area contributed by atoms with Crippen molar-refractivity contribution in [2.45, 2.75) is 6.92 Å². The highest BCUT2D eigenvalue weighted by atomic mass is 19.1. The number of para-hydroxylation sites is 2. The third-order valence-corrected chi connectivity index (χ3v) is 5.99. The number of halogens is 1. The average molecular weight is 461 g/mol. The Balaban J connectivity index is 1.42. The van der Waals surface area contributed by atoms with E-state index in [2.05, 4.69) is 10.00 Å². The molecule has 1 amide bonds. The summed E-state index contributed by atoms with van der Waals surface area (Å²) in [6.07, 6.45) is 0. The molecule has 0 radical (unpaired) electrons. The first-order valence-corrected chi connectivity index (χ1v) is 11.1. The number of piperazine rings is 1. The lowest BCUT2D eigenvalue weighted by molar-refractivity contribution is 0.0737. The maximum atomic E-state index is 13.6. The predicted octanol–water partition coefficient (Wildman–Crippen LogP) is 4.55. The van der Waals surface area contributed by atoms with Gasteiger partial charge in [0.25, 0.3) is 5.91 Å². The van der Waals surface area contributed by atoms with Crippen LogP contribution in [0.4, 0.5) is 10.1 Å². The van der Waals surface area contributed by atoms with E-state index in [-0.39, 0.29) is 11.7 Å². The van der Waals surface area contributed by atoms with Crippen LogP contribution in [0.1, 0.15) is 16.2 Å². The largest absolute Gasteiger partial charge is 0.495 e. The number of anilines is 1. The van der Waals surface area contributed by atoms with E-state index >= 15 is 0 Å². The molecular formula is C26H25FN4O3. The second-order valence-electron chi connectivity index (χ2n) is 8.16. The molecule has 8 heteroatoms. The third-order valence-electron chi connectivity index (χ3n) is 5.99. The second kappa shape index (κ2) is 9.05. The molecule has 5 rings (SSSR count). The fourth-order valence-corrected chi connectivity index (χ4v) is 4.21. The standard InChI is InChI=1S/C26H25FN4O3/c1-18-7-12-24(34-18)21-17-23(31(28-21)20-10-8-19(27)9-11-20)26(32)30-15-13-29(14-16-30)22-5-3-4-6-25(22)33-2/h3-12,17H,13-16H2,1-2H3. The lowest BCUT2D eigenvalue weighted by atomic mass is 10.2. The number of methoxy groups -OCH3 is 1. The molecule has 1 fully saturated rings. The highest BCUT2D eigenvalue weighted by Crippen LogP contribution is 2.29. The molecule has 3 heterocycles. The highest BCUT2D eigenvalue weighted by Gasteiger charge is 2.27. The van der Waals surface area contributed by atoms with Gasteiger partial charge >= 0.3 is 0 Å². The summed E-state index contributed by atoms with van der Waals surface area (Å²) in [6.45, 7) is 4.33. The highest BCUT2D eigenvalue weighted by molar-refractivity contribution is 5.94. The first-order valence-electron chi connectivity index (χ1n) is 11.1. The van der Waals surface area contributed by atoms with Gasteiger partial charge in [-0.05, 0) is 55.5 Å². The molecular weight excluding hydrogens is 435 g/mol. The average Bonchev–Trinajstić information content (AvgIpc) is 3.51. The minimum Gasteiger partial charge on any atom is -0.495 e. The number of aromatic nitrogens is 2. The van der Waals surface area contributed by atoms with Gasteiger partial charge in [-0.3, -0.25) is 4.79 Å². The summed E-state index contributed by atoms with van der Waals surface area (Å²) < 4.78 is 26.3. The van der Waals surface area contributed by atoms with E-state index in [1.165, 1.54) is 12.1 Å². The number of rotatable bonds is 5. The number of carbonyl (C=O) groups is 1. The van der Waals surface area contributed by atoms with Crippen LogP contribution < -0.4 is 9.64 Å². The summed E-state index contributed by atoms with van der Waals surface area (Å²) in [5.41, 5.74) is 2.57. The van der Waals surface area contributed by atoms with Crippen LogP contribution in [-0.4, -0.2) is 53.9 Å². The first kappa shape index (κ1) is 21.8. The van der Waals surface area contributed by atoms with E-state index in [1.807, 2.05) is 48.2 Å². The fourth-order valence-electron chi connectivity index (χ4n) is 4.21. The Bertz CT molecular complexity index is 1300. The zero-order valence-corrected chi connectivity index (χ0v) is 19.1. The van der Waals surface area contributed by atoms with Crippen LogP contribution in [0.5, 0.6) is 5.75 Å². The van der Waals surface area contributed by atoms with Crippen LogP contribution in [0.15, 0.2) is 71.1 Å². The Morgan fingerprint density at radius 2 is 1.74 bits per heavy atom. The molecule has 0 spiro atoms. The molecule has 2 aromatic heterocycles. The summed E-state index contributed by atoms with van der Waals surface area (Å²) in [5, 5.41) is 4.62. The van der Waals surface area contributed by atoms with Crippen LogP contribution >= 0.6 is 0 Å². The number of furan rings is 1. The van der Waals surface area contributed by atoms with Gasteiger partial charge in [-0.1, -0.05) is 12.1 Å². The van der Waals surface area contributed by atoms with Gasteiger partial charge in [0, 0.05) is 32.2 Å². The first-order chi connectivity index (χ1) is 16.5. The van der Waals surface area contributed by atoms with Gasteiger partial charge in [0.05, 0.1) is 18.5 Å². The second-order valence-corrected chi connectivity index (χ2v) is 8.16. The molecule has 1 aliphatic heterocycles. The normalized spacial score (nSPS) is 13.9. The van der Waals surface area contributed by atoms with E-state index in [0.717, 1.165) is 17.2 Å². The van der Waals surface area contributed by atoms with Crippen molar-refractivity contribution >= 4 is 11.6 Å². The minimum absolute atomic E-state index is 0.133. The maximum Gasteiger partial charge on any atom is 0.272 e. The van der Waals surface area contributed by atoms with Crippen molar-refractivity contribution in [3.05, 3.63) is 84.0 Å². The van der Waals surface area contributed by atoms with E-state index in [4.69, 9.17) is 9.15 Å². The van der Waals surface area contributed by atoms with Gasteiger partial charge in [-0.15, -0.1) is 0 Å². The van der Waals surface area contributed by atoms with Gasteiger partial charge in [0.1, 0.15) is 28.7 Å². The molecule has 34 heavy (non-hydrogen) atoms. The fraction of sp³-hybridized carbons (Fsp3) is 0.231. The van der Waals surface area contributed by atoms with Crippen molar-refractivity contribution in [1.82, 2.24) is 14.7 Å². The lowest BCUT2D eigenvalue weighted by Gasteiger charge is -2.36. The van der Waals surface area contributed by atoms with Crippen molar-refractivity contribution in [2.24, 2.45) is 0 Å². The monoisotopic (exact) mass is 460 g/mol. The molecule has 1 saturated heterocycles. The quantitative estimate of drug-likeness (QED) is 0.437. The molecule has 0 bridgehead atoms. The molecule has 0 aliphatic carbocycles. The Morgan fingerprint density at radius 1 is 1.00 bits per heavy atom. The summed E-state index contributed by atoms with van der Waals surface area (Å²) in [6, 6.07) is 19.2. The van der Waals surface area contributed by atoms with Crippen LogP contribution in [0, 0.1) is 12.7 Å². The SMILES string of the molecule is COc1ccccc1N1CCN(C(=O)c2cc(-c3ccc(C)o3)nn2-c2ccc(F)cc2)CC1. The minimum atomic E-state index is -0.349. The van der Waals surface area contributed by atoms with Crippen molar-refractivity contribution in [3.8, 4) is 22.9 Å². The van der Waals surface area contributed by atoms with Crippen molar-refractivity contribution in [2.75, 3.05) is 38.2 Å². The predicted molar refractivity (Wildman–Crippen MR) is 127 cm³/mol. The summed E-state index contributed by atoms with van der Waals surface area (Å²) >= 11 is 0. The number of ether oxygens (including phenoxy) is 1. The number of nitrogens with zero attached hydrogens (tertiary/aromatic N) is 4.